The summed E-state index contributed by atoms with van der Waals surface area (Å²) in [7, 11) is 0. The minimum Gasteiger partial charge on any atom is -0.379 e. The van der Waals surface area contributed by atoms with E-state index in [1.807, 2.05) is 5.51 Å². The maximum atomic E-state index is 4.24. The molecule has 0 unspecified atom stereocenters. The lowest BCUT2D eigenvalue weighted by molar-refractivity contribution is 1.07. The lowest BCUT2D eigenvalue weighted by Crippen LogP contribution is -2.01. The summed E-state index contributed by atoms with van der Waals surface area (Å²) < 4.78 is 0. The van der Waals surface area contributed by atoms with Gasteiger partial charge in [-0.3, -0.25) is 0 Å². The Bertz CT molecular complexity index is 435. The van der Waals surface area contributed by atoms with Gasteiger partial charge in [0.15, 0.2) is 0 Å². The molecule has 0 aliphatic rings. The highest BCUT2D eigenvalue weighted by atomic mass is 32.1. The lowest BCUT2D eigenvalue weighted by Gasteiger charge is -2.08. The van der Waals surface area contributed by atoms with Crippen LogP contribution in [0.2, 0.25) is 0 Å². The van der Waals surface area contributed by atoms with Crippen molar-refractivity contribution in [3.63, 3.8) is 0 Å². The van der Waals surface area contributed by atoms with Gasteiger partial charge in [0.2, 0.25) is 0 Å². The van der Waals surface area contributed by atoms with Gasteiger partial charge in [0.25, 0.3) is 0 Å². The van der Waals surface area contributed by atoms with Crippen LogP contribution in [0.25, 0.3) is 0 Å². The average Bonchev–Trinajstić information content (AvgIpc) is 2.72. The van der Waals surface area contributed by atoms with Crippen molar-refractivity contribution in [1.82, 2.24) is 4.98 Å². The molecule has 0 atom stereocenters. The molecule has 78 valence electrons. The molecule has 1 aromatic heterocycles. The van der Waals surface area contributed by atoms with Crippen molar-refractivity contribution in [2.45, 2.75) is 20.4 Å². The van der Waals surface area contributed by atoms with E-state index in [1.54, 1.807) is 11.3 Å². The molecule has 2 rings (SSSR count). The van der Waals surface area contributed by atoms with E-state index in [0.717, 1.165) is 12.2 Å². The topological polar surface area (TPSA) is 24.9 Å². The molecular weight excluding hydrogens is 204 g/mol. The van der Waals surface area contributed by atoms with Crippen LogP contribution in [0.5, 0.6) is 0 Å². The third-order valence-corrected chi connectivity index (χ3v) is 2.97. The van der Waals surface area contributed by atoms with E-state index in [1.165, 1.54) is 16.8 Å². The van der Waals surface area contributed by atoms with Crippen LogP contribution in [0, 0.1) is 13.8 Å². The first-order chi connectivity index (χ1) is 7.25. The van der Waals surface area contributed by atoms with E-state index in [2.05, 4.69) is 47.7 Å². The van der Waals surface area contributed by atoms with E-state index >= 15 is 0 Å². The first kappa shape index (κ1) is 10.2. The summed E-state index contributed by atoms with van der Waals surface area (Å²) in [6, 6.07) is 6.43. The Labute approximate surface area is 94.0 Å². The summed E-state index contributed by atoms with van der Waals surface area (Å²) in [4.78, 5) is 4.24. The zero-order chi connectivity index (χ0) is 10.7. The molecule has 0 amide bonds. The zero-order valence-corrected chi connectivity index (χ0v) is 9.77. The second kappa shape index (κ2) is 4.45. The number of hydrogen-bond acceptors (Lipinski definition) is 3. The van der Waals surface area contributed by atoms with Crippen LogP contribution < -0.4 is 5.32 Å². The fourth-order valence-corrected chi connectivity index (χ4v) is 2.00. The molecular formula is C12H14N2S. The lowest BCUT2D eigenvalue weighted by atomic mass is 10.1. The van der Waals surface area contributed by atoms with E-state index in [9.17, 15) is 0 Å². The molecule has 0 saturated heterocycles. The second-order valence-electron chi connectivity index (χ2n) is 3.65. The van der Waals surface area contributed by atoms with Gasteiger partial charge in [-0.05, 0) is 31.0 Å². The van der Waals surface area contributed by atoms with Crippen molar-refractivity contribution < 1.29 is 0 Å². The molecule has 15 heavy (non-hydrogen) atoms. The molecule has 1 heterocycles. The predicted molar refractivity (Wildman–Crippen MR) is 65.4 cm³/mol. The van der Waals surface area contributed by atoms with Gasteiger partial charge < -0.3 is 5.32 Å². The highest BCUT2D eigenvalue weighted by Gasteiger charge is 1.99. The third-order valence-electron chi connectivity index (χ3n) is 2.34. The third kappa shape index (κ3) is 2.57. The van der Waals surface area contributed by atoms with Gasteiger partial charge in [0, 0.05) is 11.1 Å². The van der Waals surface area contributed by atoms with Crippen LogP contribution in [-0.2, 0) is 6.54 Å². The van der Waals surface area contributed by atoms with Gasteiger partial charge in [0.05, 0.1) is 17.7 Å². The van der Waals surface area contributed by atoms with Crippen LogP contribution in [0.1, 0.15) is 16.8 Å². The molecule has 1 N–H and O–H groups in total. The van der Waals surface area contributed by atoms with E-state index in [0.29, 0.717) is 0 Å². The van der Waals surface area contributed by atoms with Crippen molar-refractivity contribution >= 4 is 17.0 Å². The summed E-state index contributed by atoms with van der Waals surface area (Å²) in [5.41, 5.74) is 6.71. The number of hydrogen-bond donors (Lipinski definition) is 1. The first-order valence-corrected chi connectivity index (χ1v) is 5.88. The van der Waals surface area contributed by atoms with Crippen molar-refractivity contribution in [2.24, 2.45) is 0 Å². The van der Waals surface area contributed by atoms with Crippen LogP contribution in [0.4, 0.5) is 5.69 Å². The quantitative estimate of drug-likeness (QED) is 0.854. The van der Waals surface area contributed by atoms with E-state index < -0.39 is 0 Å². The number of nitrogens with one attached hydrogen (secondary N) is 1. The van der Waals surface area contributed by atoms with Crippen molar-refractivity contribution in [3.05, 3.63) is 45.9 Å². The smallest absolute Gasteiger partial charge is 0.0795 e. The molecule has 0 radical (unpaired) electrons. The fourth-order valence-electron chi connectivity index (χ4n) is 1.44. The maximum absolute atomic E-state index is 4.24. The highest BCUT2D eigenvalue weighted by molar-refractivity contribution is 7.07. The van der Waals surface area contributed by atoms with Crippen LogP contribution in [0.3, 0.4) is 0 Å². The molecule has 2 nitrogen and oxygen atoms in total. The van der Waals surface area contributed by atoms with Gasteiger partial charge in [0.1, 0.15) is 0 Å². The van der Waals surface area contributed by atoms with Crippen LogP contribution >= 0.6 is 11.3 Å². The SMILES string of the molecule is Cc1ccc(C)c(NCc2cscn2)c1. The Morgan fingerprint density at radius 2 is 2.20 bits per heavy atom. The maximum Gasteiger partial charge on any atom is 0.0795 e. The normalized spacial score (nSPS) is 10.3. The first-order valence-electron chi connectivity index (χ1n) is 4.94. The number of aryl methyl sites for hydroxylation is 2. The molecule has 0 saturated carbocycles. The summed E-state index contributed by atoms with van der Waals surface area (Å²) in [5.74, 6) is 0. The van der Waals surface area contributed by atoms with E-state index in [-0.39, 0.29) is 0 Å². The summed E-state index contributed by atoms with van der Waals surface area (Å²) in [6.07, 6.45) is 0. The molecule has 0 aliphatic carbocycles. The fraction of sp³-hybridized carbons (Fsp3) is 0.250. The zero-order valence-electron chi connectivity index (χ0n) is 8.95. The summed E-state index contributed by atoms with van der Waals surface area (Å²) in [5, 5.41) is 5.47. The highest BCUT2D eigenvalue weighted by Crippen LogP contribution is 2.17. The molecule has 0 aliphatic heterocycles. The number of rotatable bonds is 3. The number of nitrogens with zero attached hydrogens (tertiary/aromatic N) is 1. The molecule has 0 spiro atoms. The minimum absolute atomic E-state index is 0.799. The Balaban J connectivity index is 2.07. The van der Waals surface area contributed by atoms with Crippen molar-refractivity contribution in [2.75, 3.05) is 5.32 Å². The largest absolute Gasteiger partial charge is 0.379 e. The van der Waals surface area contributed by atoms with Gasteiger partial charge in [-0.1, -0.05) is 12.1 Å². The monoisotopic (exact) mass is 218 g/mol. The number of aromatic nitrogens is 1. The van der Waals surface area contributed by atoms with Gasteiger partial charge in [-0.25, -0.2) is 4.98 Å². The molecule has 0 fully saturated rings. The van der Waals surface area contributed by atoms with Crippen LogP contribution in [-0.4, -0.2) is 4.98 Å². The van der Waals surface area contributed by atoms with Crippen molar-refractivity contribution in [3.8, 4) is 0 Å². The Morgan fingerprint density at radius 3 is 2.93 bits per heavy atom. The second-order valence-corrected chi connectivity index (χ2v) is 4.37. The summed E-state index contributed by atoms with van der Waals surface area (Å²) in [6.45, 7) is 5.02. The Kier molecular flexibility index (Phi) is 3.02. The van der Waals surface area contributed by atoms with Crippen LogP contribution in [0.15, 0.2) is 29.1 Å². The molecule has 2 aromatic rings. The standard InChI is InChI=1S/C12H14N2S/c1-9-3-4-10(2)12(5-9)13-6-11-7-15-8-14-11/h3-5,7-8,13H,6H2,1-2H3. The average molecular weight is 218 g/mol. The number of benzene rings is 1. The molecule has 3 heteroatoms. The van der Waals surface area contributed by atoms with Gasteiger partial charge >= 0.3 is 0 Å². The number of anilines is 1. The Hall–Kier alpha value is -1.35. The van der Waals surface area contributed by atoms with Crippen molar-refractivity contribution in [1.29, 1.82) is 0 Å². The summed E-state index contributed by atoms with van der Waals surface area (Å²) >= 11 is 1.63. The minimum atomic E-state index is 0.799. The van der Waals surface area contributed by atoms with E-state index in [4.69, 9.17) is 0 Å². The predicted octanol–water partition coefficient (Wildman–Crippen LogP) is 3.37. The number of thiazole rings is 1. The molecule has 1 aromatic carbocycles. The van der Waals surface area contributed by atoms with Gasteiger partial charge in [-0.2, -0.15) is 0 Å². The molecule has 0 bridgehead atoms. The Morgan fingerprint density at radius 1 is 1.33 bits per heavy atom. The van der Waals surface area contributed by atoms with Gasteiger partial charge in [-0.15, -0.1) is 11.3 Å².